The van der Waals surface area contributed by atoms with Crippen molar-refractivity contribution in [2.24, 2.45) is 34.0 Å². The molecule has 2 unspecified atom stereocenters. The lowest BCUT2D eigenvalue weighted by Crippen LogP contribution is -2.80. The Hall–Kier alpha value is -3.37. The zero-order valence-corrected chi connectivity index (χ0v) is 28.0. The number of fused-ring (bicyclic) bond motifs is 7. The van der Waals surface area contributed by atoms with E-state index in [4.69, 9.17) is 37.9 Å². The Kier molecular flexibility index (Phi) is 6.63. The second-order valence-electron chi connectivity index (χ2n) is 15.2. The number of aliphatic hydroxyl groups excluding tert-OH is 1. The van der Waals surface area contributed by atoms with Gasteiger partial charge in [0.1, 0.15) is 35.4 Å². The third kappa shape index (κ3) is 3.44. The highest BCUT2D eigenvalue weighted by Crippen LogP contribution is 2.81. The van der Waals surface area contributed by atoms with Crippen LogP contribution in [-0.4, -0.2) is 114 Å². The molecule has 0 aromatic heterocycles. The van der Waals surface area contributed by atoms with E-state index in [0.29, 0.717) is 0 Å². The minimum absolute atomic E-state index is 0.237. The number of carbonyl (C=O) groups is 5. The number of allylic oxidation sites excluding steroid dienone is 1. The molecule has 49 heavy (non-hydrogen) atoms. The van der Waals surface area contributed by atoms with Gasteiger partial charge in [0.2, 0.25) is 12.1 Å². The highest BCUT2D eigenvalue weighted by atomic mass is 16.7. The van der Waals surface area contributed by atoms with Crippen molar-refractivity contribution >= 4 is 29.7 Å². The summed E-state index contributed by atoms with van der Waals surface area (Å²) in [5, 5.41) is 24.5. The fourth-order valence-corrected chi connectivity index (χ4v) is 11.7. The van der Waals surface area contributed by atoms with Gasteiger partial charge in [-0.3, -0.25) is 14.4 Å². The average Bonchev–Trinajstić information content (AvgIpc) is 3.32. The lowest BCUT2D eigenvalue weighted by molar-refractivity contribution is -0.306. The van der Waals surface area contributed by atoms with Gasteiger partial charge in [0.05, 0.1) is 49.6 Å². The number of carbonyl (C=O) groups excluding carboxylic acids is 5. The lowest BCUT2D eigenvalue weighted by Gasteiger charge is -2.67. The van der Waals surface area contributed by atoms with E-state index in [9.17, 15) is 34.2 Å². The smallest absolute Gasteiger partial charge is 0.374 e. The van der Waals surface area contributed by atoms with Crippen molar-refractivity contribution in [1.82, 2.24) is 0 Å². The third-order valence-corrected chi connectivity index (χ3v) is 13.6. The van der Waals surface area contributed by atoms with Gasteiger partial charge in [-0.2, -0.15) is 0 Å². The second kappa shape index (κ2) is 9.90. The number of ketones is 1. The maximum atomic E-state index is 14.6. The highest BCUT2D eigenvalue weighted by molar-refractivity contribution is 6.35. The Labute approximate surface area is 281 Å². The number of esters is 4. The van der Waals surface area contributed by atoms with Gasteiger partial charge < -0.3 is 48.1 Å². The number of hydrogen-bond acceptors (Lipinski definition) is 15. The number of aliphatic hydroxyl groups is 2. The van der Waals surface area contributed by atoms with E-state index in [1.165, 1.54) is 19.3 Å². The Morgan fingerprint density at radius 2 is 1.80 bits per heavy atom. The van der Waals surface area contributed by atoms with Gasteiger partial charge in [-0.25, -0.2) is 9.59 Å². The molecule has 15 atom stereocenters. The molecule has 5 aliphatic heterocycles. The highest BCUT2D eigenvalue weighted by Gasteiger charge is 2.95. The van der Waals surface area contributed by atoms with Crippen LogP contribution in [-0.2, 0) is 61.9 Å². The van der Waals surface area contributed by atoms with Crippen LogP contribution in [0.3, 0.4) is 0 Å². The summed E-state index contributed by atoms with van der Waals surface area (Å²) in [4.78, 5) is 68.2. The molecule has 1 spiro atoms. The fourth-order valence-electron chi connectivity index (χ4n) is 11.7. The van der Waals surface area contributed by atoms with Crippen molar-refractivity contribution in [3.63, 3.8) is 0 Å². The molecule has 0 aromatic rings. The van der Waals surface area contributed by atoms with E-state index in [-0.39, 0.29) is 25.0 Å². The Balaban J connectivity index is 1.37. The minimum atomic E-state index is -1.80. The van der Waals surface area contributed by atoms with Gasteiger partial charge in [-0.15, -0.1) is 0 Å². The average molecular weight is 689 g/mol. The molecule has 15 heteroatoms. The van der Waals surface area contributed by atoms with Crippen LogP contribution in [0.25, 0.3) is 0 Å². The first kappa shape index (κ1) is 32.8. The lowest BCUT2D eigenvalue weighted by atomic mass is 9.37. The molecule has 266 valence electrons. The summed E-state index contributed by atoms with van der Waals surface area (Å²) in [7, 11) is 1.16. The molecule has 0 radical (unpaired) electrons. The topological polar surface area (TPSA) is 203 Å². The SMILES string of the molecule is C/C=C(\C)C(=O)OC1C[C@@H](OC(C)=O)[C@@]2(C(=O)OC)CO[C@@H]3C2[C@]12COC(=O)C(=O)[C@H]2[C@](C)([C@]12O[C@@]1(C)[C@H]1C[C@@H]2O[C@H]2OC=C[C@@]21O)[C@@H]3O. The Morgan fingerprint density at radius 3 is 2.47 bits per heavy atom. The standard InChI is InChI=1S/C34H40O15/c1-7-14(2)25(38)47-17-11-18(46-15(3)35)32(27(40)42-6)13-44-21-23(32)31(17)12-45-26(39)20(36)22(31)29(4,24(21)37)34-19-10-16(30(34,5)49-34)33(41)8-9-43-28(33)48-19/h7-9,16-19,21-24,28,37,41H,10-13H2,1-6H3/b14-7+/t16-,17?,18-,19+,21-,22+,23?,24-,28-,29+,30+,31-,32+,33+,34+/m1/s1. The van der Waals surface area contributed by atoms with Crippen molar-refractivity contribution in [2.75, 3.05) is 20.3 Å². The predicted molar refractivity (Wildman–Crippen MR) is 157 cm³/mol. The molecule has 8 rings (SSSR count). The van der Waals surface area contributed by atoms with Crippen molar-refractivity contribution in [3.8, 4) is 0 Å². The van der Waals surface area contributed by atoms with Crippen LogP contribution in [0.5, 0.6) is 0 Å². The van der Waals surface area contributed by atoms with E-state index in [1.807, 2.05) is 0 Å². The van der Waals surface area contributed by atoms with Gasteiger partial charge in [-0.1, -0.05) is 13.0 Å². The predicted octanol–water partition coefficient (Wildman–Crippen LogP) is 0.0310. The number of ether oxygens (including phenoxy) is 8. The first-order chi connectivity index (χ1) is 23.1. The number of methoxy groups -OCH3 is 1. The van der Waals surface area contributed by atoms with Gasteiger partial charge >= 0.3 is 23.9 Å². The van der Waals surface area contributed by atoms with Crippen LogP contribution in [0, 0.1) is 34.0 Å². The van der Waals surface area contributed by atoms with E-state index in [2.05, 4.69) is 0 Å². The Bertz CT molecular complexity index is 1640. The summed E-state index contributed by atoms with van der Waals surface area (Å²) < 4.78 is 47.9. The molecule has 8 aliphatic rings. The maximum absolute atomic E-state index is 14.6. The minimum Gasteiger partial charge on any atom is -0.469 e. The van der Waals surface area contributed by atoms with Crippen LogP contribution in [0.15, 0.2) is 24.0 Å². The van der Waals surface area contributed by atoms with Crippen LogP contribution in [0.1, 0.15) is 47.5 Å². The van der Waals surface area contributed by atoms with E-state index >= 15 is 0 Å². The largest absolute Gasteiger partial charge is 0.469 e. The number of rotatable bonds is 5. The van der Waals surface area contributed by atoms with Crippen molar-refractivity contribution in [2.45, 2.75) is 101 Å². The van der Waals surface area contributed by atoms with E-state index < -0.39 is 124 Å². The molecule has 5 heterocycles. The summed E-state index contributed by atoms with van der Waals surface area (Å²) >= 11 is 0. The molecular formula is C34H40O15. The molecule has 0 aromatic carbocycles. The normalized spacial score (nSPS) is 52.9. The molecule has 2 bridgehead atoms. The van der Waals surface area contributed by atoms with Gasteiger partial charge in [0, 0.05) is 36.2 Å². The number of epoxide rings is 1. The van der Waals surface area contributed by atoms with Gasteiger partial charge in [0.15, 0.2) is 5.60 Å². The van der Waals surface area contributed by atoms with Crippen molar-refractivity contribution in [3.05, 3.63) is 24.0 Å². The first-order valence-electron chi connectivity index (χ1n) is 16.6. The number of hydrogen-bond donors (Lipinski definition) is 2. The Morgan fingerprint density at radius 1 is 1.06 bits per heavy atom. The van der Waals surface area contributed by atoms with Crippen LogP contribution < -0.4 is 0 Å². The summed E-state index contributed by atoms with van der Waals surface area (Å²) in [6, 6.07) is 0. The van der Waals surface area contributed by atoms with Gasteiger partial charge in [-0.05, 0) is 33.3 Å². The number of cyclic esters (lactones) is 1. The number of Topliss-reactive ketones (excluding diaryl/α,β-unsaturated/α-hetero) is 1. The third-order valence-electron chi connectivity index (χ3n) is 13.6. The molecule has 2 N–H and O–H groups in total. The van der Waals surface area contributed by atoms with Crippen LogP contribution in [0.2, 0.25) is 0 Å². The second-order valence-corrected chi connectivity index (χ2v) is 15.2. The quantitative estimate of drug-likeness (QED) is 0.129. The summed E-state index contributed by atoms with van der Waals surface area (Å²) in [6.07, 6.45) is -2.99. The zero-order chi connectivity index (χ0) is 35.3. The van der Waals surface area contributed by atoms with E-state index in [1.54, 1.807) is 33.8 Å². The maximum Gasteiger partial charge on any atom is 0.374 e. The van der Waals surface area contributed by atoms with Crippen molar-refractivity contribution in [1.29, 1.82) is 0 Å². The summed E-state index contributed by atoms with van der Waals surface area (Å²) in [5.41, 5.74) is -9.31. The molecule has 3 saturated carbocycles. The summed E-state index contributed by atoms with van der Waals surface area (Å²) in [6.45, 7) is 6.86. The molecule has 7 fully saturated rings. The molecular weight excluding hydrogens is 648 g/mol. The van der Waals surface area contributed by atoms with Crippen LogP contribution in [0.4, 0.5) is 0 Å². The molecule has 3 aliphatic carbocycles. The molecule has 0 amide bonds. The fraction of sp³-hybridized carbons (Fsp3) is 0.735. The van der Waals surface area contributed by atoms with Gasteiger partial charge in [0.25, 0.3) is 0 Å². The zero-order valence-electron chi connectivity index (χ0n) is 28.0. The monoisotopic (exact) mass is 688 g/mol. The summed E-state index contributed by atoms with van der Waals surface area (Å²) in [5.74, 6) is -7.84. The van der Waals surface area contributed by atoms with Crippen LogP contribution >= 0.6 is 0 Å². The first-order valence-corrected chi connectivity index (χ1v) is 16.6. The molecule has 15 nitrogen and oxygen atoms in total. The van der Waals surface area contributed by atoms with E-state index in [0.717, 1.165) is 7.11 Å². The molecule has 4 saturated heterocycles. The van der Waals surface area contributed by atoms with Crippen molar-refractivity contribution < 1.29 is 72.1 Å².